The molecule has 0 aliphatic carbocycles. The van der Waals surface area contributed by atoms with Crippen LogP contribution in [0.1, 0.15) is 34.1 Å². The number of nitrogens with one attached hydrogen (secondary N) is 1. The van der Waals surface area contributed by atoms with Crippen molar-refractivity contribution in [3.8, 4) is 0 Å². The van der Waals surface area contributed by atoms with E-state index in [1.807, 2.05) is 27.7 Å². The number of piperazine rings is 1. The van der Waals surface area contributed by atoms with E-state index in [4.69, 9.17) is 0 Å². The zero-order valence-electron chi connectivity index (χ0n) is 14.6. The van der Waals surface area contributed by atoms with E-state index in [1.165, 1.54) is 0 Å². The van der Waals surface area contributed by atoms with Gasteiger partial charge in [-0.15, -0.1) is 0 Å². The third-order valence-corrected chi connectivity index (χ3v) is 4.14. The third kappa shape index (κ3) is 5.93. The molecule has 1 heterocycles. The maximum atomic E-state index is 12.5. The van der Waals surface area contributed by atoms with Gasteiger partial charge < -0.3 is 15.3 Å². The van der Waals surface area contributed by atoms with Crippen LogP contribution < -0.4 is 5.32 Å². The number of rotatable bonds is 7. The first kappa shape index (κ1) is 18.9. The van der Waals surface area contributed by atoms with Crippen LogP contribution in [0.2, 0.25) is 0 Å². The molecular formula is C16H31N3O3. The second-order valence-corrected chi connectivity index (χ2v) is 7.46. The Bertz CT molecular complexity index is 388. The molecule has 0 radical (unpaired) electrons. The van der Waals surface area contributed by atoms with Crippen molar-refractivity contribution in [2.75, 3.05) is 39.8 Å². The Kier molecular flexibility index (Phi) is 6.81. The molecule has 6 heteroatoms. The largest absolute Gasteiger partial charge is 0.480 e. The Hall–Kier alpha value is -1.14. The van der Waals surface area contributed by atoms with Crippen LogP contribution in [-0.2, 0) is 9.59 Å². The van der Waals surface area contributed by atoms with E-state index in [9.17, 15) is 14.7 Å². The predicted molar refractivity (Wildman–Crippen MR) is 86.7 cm³/mol. The summed E-state index contributed by atoms with van der Waals surface area (Å²) in [6, 6.07) is -0.806. The minimum Gasteiger partial charge on any atom is -0.480 e. The molecule has 0 aromatic rings. The Morgan fingerprint density at radius 2 is 1.73 bits per heavy atom. The van der Waals surface area contributed by atoms with Crippen molar-refractivity contribution in [2.24, 2.45) is 11.3 Å². The lowest BCUT2D eigenvalue weighted by atomic mass is 9.90. The predicted octanol–water partition coefficient (Wildman–Crippen LogP) is 0.876. The number of hydrogen-bond donors (Lipinski definition) is 2. The molecule has 1 atom stereocenters. The lowest BCUT2D eigenvalue weighted by molar-refractivity contribution is -0.144. The average molecular weight is 313 g/mol. The summed E-state index contributed by atoms with van der Waals surface area (Å²) < 4.78 is 0. The van der Waals surface area contributed by atoms with Crippen LogP contribution >= 0.6 is 0 Å². The highest BCUT2D eigenvalue weighted by Gasteiger charge is 2.33. The van der Waals surface area contributed by atoms with Gasteiger partial charge in [0.25, 0.3) is 0 Å². The fraction of sp³-hybridized carbons (Fsp3) is 0.875. The summed E-state index contributed by atoms with van der Waals surface area (Å²) >= 11 is 0. The summed E-state index contributed by atoms with van der Waals surface area (Å²) in [6.07, 6.45) is 0.450. The van der Waals surface area contributed by atoms with Gasteiger partial charge in [-0.2, -0.15) is 0 Å². The van der Waals surface area contributed by atoms with Crippen molar-refractivity contribution in [2.45, 2.75) is 40.2 Å². The van der Waals surface area contributed by atoms with Crippen molar-refractivity contribution in [3.63, 3.8) is 0 Å². The lowest BCUT2D eigenvalue weighted by Crippen LogP contribution is -2.53. The number of nitrogens with zero attached hydrogens (tertiary/aromatic N) is 2. The second kappa shape index (κ2) is 7.92. The smallest absolute Gasteiger partial charge is 0.326 e. The highest BCUT2D eigenvalue weighted by atomic mass is 16.4. The molecule has 128 valence electrons. The summed E-state index contributed by atoms with van der Waals surface area (Å²) in [5, 5.41) is 12.0. The molecule has 0 aromatic carbocycles. The van der Waals surface area contributed by atoms with Gasteiger partial charge >= 0.3 is 5.97 Å². The second-order valence-electron chi connectivity index (χ2n) is 7.46. The Balaban J connectivity index is 2.58. The van der Waals surface area contributed by atoms with Crippen LogP contribution in [0, 0.1) is 11.3 Å². The molecule has 1 rings (SSSR count). The molecule has 6 nitrogen and oxygen atoms in total. The van der Waals surface area contributed by atoms with E-state index < -0.39 is 17.4 Å². The number of carbonyl (C=O) groups excluding carboxylic acids is 1. The summed E-state index contributed by atoms with van der Waals surface area (Å²) in [6.45, 7) is 12.2. The molecule has 1 aliphatic heterocycles. The van der Waals surface area contributed by atoms with Crippen LogP contribution in [0.4, 0.5) is 0 Å². The molecule has 22 heavy (non-hydrogen) atoms. The van der Waals surface area contributed by atoms with Gasteiger partial charge in [-0.05, 0) is 33.2 Å². The molecule has 0 saturated carbocycles. The van der Waals surface area contributed by atoms with Crippen molar-refractivity contribution < 1.29 is 14.7 Å². The van der Waals surface area contributed by atoms with E-state index in [2.05, 4.69) is 22.2 Å². The first-order chi connectivity index (χ1) is 10.1. The van der Waals surface area contributed by atoms with Gasteiger partial charge in [0.2, 0.25) is 5.91 Å². The van der Waals surface area contributed by atoms with Gasteiger partial charge in [0.1, 0.15) is 6.04 Å². The Morgan fingerprint density at radius 1 is 1.18 bits per heavy atom. The standard InChI is InChI=1S/C16H31N3O3/c1-12(2)10-13(14(20)21)17-15(22)16(3,4)11-19-8-6-18(5)7-9-19/h12-13H,6-11H2,1-5H3,(H,17,22)(H,20,21). The van der Waals surface area contributed by atoms with E-state index in [0.29, 0.717) is 13.0 Å². The van der Waals surface area contributed by atoms with Crippen molar-refractivity contribution >= 4 is 11.9 Å². The van der Waals surface area contributed by atoms with E-state index in [1.54, 1.807) is 0 Å². The zero-order chi connectivity index (χ0) is 16.9. The van der Waals surface area contributed by atoms with Gasteiger partial charge in [-0.1, -0.05) is 13.8 Å². The maximum Gasteiger partial charge on any atom is 0.326 e. The molecule has 0 spiro atoms. The zero-order valence-corrected chi connectivity index (χ0v) is 14.6. The van der Waals surface area contributed by atoms with E-state index >= 15 is 0 Å². The van der Waals surface area contributed by atoms with Gasteiger partial charge in [0.05, 0.1) is 5.41 Å². The molecule has 0 aromatic heterocycles. The fourth-order valence-electron chi connectivity index (χ4n) is 2.68. The number of carbonyl (C=O) groups is 2. The highest BCUT2D eigenvalue weighted by Crippen LogP contribution is 2.19. The molecule has 1 unspecified atom stereocenters. The normalized spacial score (nSPS) is 19.2. The summed E-state index contributed by atoms with van der Waals surface area (Å²) in [5.41, 5.74) is -0.597. The lowest BCUT2D eigenvalue weighted by Gasteiger charge is -2.37. The molecular weight excluding hydrogens is 282 g/mol. The van der Waals surface area contributed by atoms with Gasteiger partial charge in [-0.25, -0.2) is 4.79 Å². The number of carboxylic acids is 1. The number of amides is 1. The van der Waals surface area contributed by atoms with Crippen molar-refractivity contribution in [3.05, 3.63) is 0 Å². The number of carboxylic acid groups (broad SMARTS) is 1. The minimum atomic E-state index is -0.961. The van der Waals surface area contributed by atoms with Crippen LogP contribution in [0.15, 0.2) is 0 Å². The molecule has 1 fully saturated rings. The van der Waals surface area contributed by atoms with Crippen LogP contribution in [0.3, 0.4) is 0 Å². The summed E-state index contributed by atoms with van der Waals surface area (Å²) in [7, 11) is 2.10. The molecule has 1 amide bonds. The summed E-state index contributed by atoms with van der Waals surface area (Å²) in [5.74, 6) is -0.918. The molecule has 0 bridgehead atoms. The van der Waals surface area contributed by atoms with Gasteiger partial charge in [0, 0.05) is 32.7 Å². The Labute approximate surface area is 133 Å². The maximum absolute atomic E-state index is 12.5. The molecule has 1 aliphatic rings. The van der Waals surface area contributed by atoms with E-state index in [-0.39, 0.29) is 11.8 Å². The van der Waals surface area contributed by atoms with Gasteiger partial charge in [-0.3, -0.25) is 9.69 Å². The third-order valence-electron chi connectivity index (χ3n) is 4.14. The SMILES string of the molecule is CC(C)CC(NC(=O)C(C)(C)CN1CCN(C)CC1)C(=O)O. The quantitative estimate of drug-likeness (QED) is 0.730. The van der Waals surface area contributed by atoms with Crippen molar-refractivity contribution in [1.29, 1.82) is 0 Å². The number of aliphatic carboxylic acids is 1. The average Bonchev–Trinajstić information content (AvgIpc) is 2.39. The van der Waals surface area contributed by atoms with Crippen LogP contribution in [-0.4, -0.2) is 72.6 Å². The van der Waals surface area contributed by atoms with E-state index in [0.717, 1.165) is 26.2 Å². The summed E-state index contributed by atoms with van der Waals surface area (Å²) in [4.78, 5) is 28.3. The first-order valence-corrected chi connectivity index (χ1v) is 8.06. The highest BCUT2D eigenvalue weighted by molar-refractivity contribution is 5.87. The van der Waals surface area contributed by atoms with Crippen molar-refractivity contribution in [1.82, 2.24) is 15.1 Å². The molecule has 1 saturated heterocycles. The number of likely N-dealkylation sites (N-methyl/N-ethyl adjacent to an activating group) is 1. The van der Waals surface area contributed by atoms with Crippen LogP contribution in [0.5, 0.6) is 0 Å². The Morgan fingerprint density at radius 3 is 2.18 bits per heavy atom. The first-order valence-electron chi connectivity index (χ1n) is 8.06. The fourth-order valence-corrected chi connectivity index (χ4v) is 2.68. The molecule has 2 N–H and O–H groups in total. The monoisotopic (exact) mass is 313 g/mol. The minimum absolute atomic E-state index is 0.181. The van der Waals surface area contributed by atoms with Gasteiger partial charge in [0.15, 0.2) is 0 Å². The van der Waals surface area contributed by atoms with Crippen LogP contribution in [0.25, 0.3) is 0 Å². The number of hydrogen-bond acceptors (Lipinski definition) is 4. The topological polar surface area (TPSA) is 72.9 Å².